The van der Waals surface area contributed by atoms with Crippen LogP contribution in [0, 0.1) is 0 Å². The molecule has 0 amide bonds. The first-order valence-corrected chi connectivity index (χ1v) is 8.10. The Balaban J connectivity index is 2.21. The van der Waals surface area contributed by atoms with Crippen LogP contribution in [0.3, 0.4) is 0 Å². The molecule has 2 heteroatoms. The number of hydrogen-bond acceptors (Lipinski definition) is 2. The molecule has 1 atom stereocenters. The van der Waals surface area contributed by atoms with Crippen LogP contribution < -0.4 is 4.74 Å². The fraction of sp³-hybridized carbons (Fsp3) is 0.474. The number of aliphatic hydroxyl groups is 1. The van der Waals surface area contributed by atoms with Crippen molar-refractivity contribution in [3.05, 3.63) is 42.0 Å². The van der Waals surface area contributed by atoms with E-state index in [4.69, 9.17) is 4.74 Å². The summed E-state index contributed by atoms with van der Waals surface area (Å²) in [6, 6.07) is 12.2. The van der Waals surface area contributed by atoms with Gasteiger partial charge in [0, 0.05) is 5.56 Å². The Kier molecular flexibility index (Phi) is 6.06. The summed E-state index contributed by atoms with van der Waals surface area (Å²) < 4.78 is 5.95. The van der Waals surface area contributed by atoms with Gasteiger partial charge in [0.25, 0.3) is 0 Å². The van der Waals surface area contributed by atoms with E-state index in [2.05, 4.69) is 25.1 Å². The topological polar surface area (TPSA) is 29.5 Å². The summed E-state index contributed by atoms with van der Waals surface area (Å²) in [7, 11) is 0. The maximum atomic E-state index is 10.4. The van der Waals surface area contributed by atoms with Gasteiger partial charge < -0.3 is 9.84 Å². The largest absolute Gasteiger partial charge is 0.493 e. The van der Waals surface area contributed by atoms with Crippen molar-refractivity contribution < 1.29 is 9.84 Å². The Morgan fingerprint density at radius 2 is 1.81 bits per heavy atom. The van der Waals surface area contributed by atoms with Gasteiger partial charge in [-0.2, -0.15) is 0 Å². The molecule has 114 valence electrons. The minimum atomic E-state index is -0.471. The summed E-state index contributed by atoms with van der Waals surface area (Å²) in [6.07, 6.45) is 4.99. The quantitative estimate of drug-likeness (QED) is 0.672. The van der Waals surface area contributed by atoms with Crippen LogP contribution in [0.4, 0.5) is 0 Å². The standard InChI is InChI=1S/C19H26O2/c1-3-5-6-9-14-21-18-13-12-15-10-7-8-11-16(15)19(18)17(20)4-2/h7-8,10-13,17,20H,3-6,9,14H2,1-2H3. The van der Waals surface area contributed by atoms with E-state index in [0.717, 1.165) is 35.1 Å². The molecule has 0 heterocycles. The van der Waals surface area contributed by atoms with Gasteiger partial charge in [-0.3, -0.25) is 0 Å². The molecular formula is C19H26O2. The lowest BCUT2D eigenvalue weighted by atomic mass is 9.98. The first-order valence-electron chi connectivity index (χ1n) is 8.10. The number of unbranched alkanes of at least 4 members (excludes halogenated alkanes) is 3. The summed E-state index contributed by atoms with van der Waals surface area (Å²) in [5.41, 5.74) is 0.936. The maximum Gasteiger partial charge on any atom is 0.125 e. The molecule has 0 radical (unpaired) electrons. The zero-order valence-electron chi connectivity index (χ0n) is 13.1. The number of aliphatic hydroxyl groups excluding tert-OH is 1. The Morgan fingerprint density at radius 3 is 2.57 bits per heavy atom. The van der Waals surface area contributed by atoms with E-state index in [1.165, 1.54) is 19.3 Å². The zero-order chi connectivity index (χ0) is 15.1. The molecule has 1 N–H and O–H groups in total. The molecule has 2 rings (SSSR count). The normalized spacial score (nSPS) is 12.5. The molecule has 21 heavy (non-hydrogen) atoms. The predicted molar refractivity (Wildman–Crippen MR) is 88.8 cm³/mol. The minimum Gasteiger partial charge on any atom is -0.493 e. The highest BCUT2D eigenvalue weighted by Crippen LogP contribution is 2.34. The summed E-state index contributed by atoms with van der Waals surface area (Å²) in [5, 5.41) is 12.6. The van der Waals surface area contributed by atoms with Gasteiger partial charge in [0.1, 0.15) is 5.75 Å². The highest BCUT2D eigenvalue weighted by molar-refractivity contribution is 5.88. The molecule has 0 aromatic heterocycles. The molecule has 2 aromatic carbocycles. The first kappa shape index (κ1) is 15.8. The minimum absolute atomic E-state index is 0.471. The first-order chi connectivity index (χ1) is 10.3. The molecule has 0 saturated heterocycles. The lowest BCUT2D eigenvalue weighted by Crippen LogP contribution is -2.04. The Hall–Kier alpha value is -1.54. The van der Waals surface area contributed by atoms with Gasteiger partial charge in [0.15, 0.2) is 0 Å². The maximum absolute atomic E-state index is 10.4. The van der Waals surface area contributed by atoms with Crippen LogP contribution in [0.15, 0.2) is 36.4 Å². The van der Waals surface area contributed by atoms with Crippen LogP contribution >= 0.6 is 0 Å². The van der Waals surface area contributed by atoms with E-state index in [9.17, 15) is 5.11 Å². The second-order valence-corrected chi connectivity index (χ2v) is 5.53. The van der Waals surface area contributed by atoms with Crippen molar-refractivity contribution in [2.75, 3.05) is 6.61 Å². The molecule has 0 aliphatic rings. The summed E-state index contributed by atoms with van der Waals surface area (Å²) in [6.45, 7) is 4.93. The summed E-state index contributed by atoms with van der Waals surface area (Å²) in [4.78, 5) is 0. The second-order valence-electron chi connectivity index (χ2n) is 5.53. The van der Waals surface area contributed by atoms with Crippen LogP contribution in [0.2, 0.25) is 0 Å². The van der Waals surface area contributed by atoms with Crippen molar-refractivity contribution in [1.82, 2.24) is 0 Å². The fourth-order valence-corrected chi connectivity index (χ4v) is 2.66. The average molecular weight is 286 g/mol. The van der Waals surface area contributed by atoms with Crippen LogP contribution in [-0.4, -0.2) is 11.7 Å². The Labute approximate surface area is 127 Å². The third-order valence-corrected chi connectivity index (χ3v) is 3.91. The molecule has 0 aliphatic heterocycles. The molecule has 0 saturated carbocycles. The molecule has 1 unspecified atom stereocenters. The molecular weight excluding hydrogens is 260 g/mol. The van der Waals surface area contributed by atoms with Crippen LogP contribution in [0.25, 0.3) is 10.8 Å². The lowest BCUT2D eigenvalue weighted by Gasteiger charge is -2.18. The van der Waals surface area contributed by atoms with Gasteiger partial charge in [0.05, 0.1) is 12.7 Å². The summed E-state index contributed by atoms with van der Waals surface area (Å²) >= 11 is 0. The van der Waals surface area contributed by atoms with Crippen molar-refractivity contribution in [2.45, 2.75) is 52.1 Å². The SMILES string of the molecule is CCCCCCOc1ccc2ccccc2c1C(O)CC. The number of ether oxygens (including phenoxy) is 1. The predicted octanol–water partition coefficient (Wildman–Crippen LogP) is 5.24. The van der Waals surface area contributed by atoms with Gasteiger partial charge >= 0.3 is 0 Å². The van der Waals surface area contributed by atoms with Gasteiger partial charge in [-0.15, -0.1) is 0 Å². The van der Waals surface area contributed by atoms with Crippen molar-refractivity contribution >= 4 is 10.8 Å². The third kappa shape index (κ3) is 3.98. The smallest absolute Gasteiger partial charge is 0.125 e. The van der Waals surface area contributed by atoms with Crippen molar-refractivity contribution in [3.63, 3.8) is 0 Å². The highest BCUT2D eigenvalue weighted by Gasteiger charge is 2.15. The third-order valence-electron chi connectivity index (χ3n) is 3.91. The van der Waals surface area contributed by atoms with Crippen molar-refractivity contribution in [3.8, 4) is 5.75 Å². The van der Waals surface area contributed by atoms with Gasteiger partial charge in [-0.05, 0) is 29.7 Å². The second kappa shape index (κ2) is 8.04. The van der Waals surface area contributed by atoms with Gasteiger partial charge in [-0.25, -0.2) is 0 Å². The van der Waals surface area contributed by atoms with E-state index < -0.39 is 6.10 Å². The number of rotatable bonds is 8. The van der Waals surface area contributed by atoms with E-state index in [-0.39, 0.29) is 0 Å². The van der Waals surface area contributed by atoms with Crippen molar-refractivity contribution in [1.29, 1.82) is 0 Å². The Morgan fingerprint density at radius 1 is 1.00 bits per heavy atom. The van der Waals surface area contributed by atoms with E-state index in [0.29, 0.717) is 6.42 Å². The Bertz CT molecular complexity index is 562. The van der Waals surface area contributed by atoms with Crippen molar-refractivity contribution in [2.24, 2.45) is 0 Å². The van der Waals surface area contributed by atoms with Crippen LogP contribution in [0.1, 0.15) is 57.6 Å². The summed E-state index contributed by atoms with van der Waals surface area (Å²) in [5.74, 6) is 0.833. The zero-order valence-corrected chi connectivity index (χ0v) is 13.1. The monoisotopic (exact) mass is 286 g/mol. The number of fused-ring (bicyclic) bond motifs is 1. The van der Waals surface area contributed by atoms with E-state index in [1.54, 1.807) is 0 Å². The van der Waals surface area contributed by atoms with Crippen LogP contribution in [-0.2, 0) is 0 Å². The van der Waals surface area contributed by atoms with E-state index >= 15 is 0 Å². The molecule has 0 spiro atoms. The average Bonchev–Trinajstić information content (AvgIpc) is 2.53. The van der Waals surface area contributed by atoms with E-state index in [1.807, 2.05) is 25.1 Å². The molecule has 0 fully saturated rings. The molecule has 0 aliphatic carbocycles. The van der Waals surface area contributed by atoms with Gasteiger partial charge in [0.2, 0.25) is 0 Å². The fourth-order valence-electron chi connectivity index (χ4n) is 2.66. The number of benzene rings is 2. The number of hydrogen-bond donors (Lipinski definition) is 1. The van der Waals surface area contributed by atoms with Crippen LogP contribution in [0.5, 0.6) is 5.75 Å². The molecule has 2 aromatic rings. The molecule has 0 bridgehead atoms. The highest BCUT2D eigenvalue weighted by atomic mass is 16.5. The molecule has 2 nitrogen and oxygen atoms in total. The van der Waals surface area contributed by atoms with Gasteiger partial charge in [-0.1, -0.05) is 63.4 Å². The lowest BCUT2D eigenvalue weighted by molar-refractivity contribution is 0.168.